The Labute approximate surface area is 134 Å². The molecular weight excluding hydrogens is 300 g/mol. The van der Waals surface area contributed by atoms with Gasteiger partial charge in [0.25, 0.3) is 0 Å². The Morgan fingerprint density at radius 2 is 1.86 bits per heavy atom. The molecule has 0 aliphatic carbocycles. The topological polar surface area (TPSA) is 41.9 Å². The summed E-state index contributed by atoms with van der Waals surface area (Å²) in [5.74, 6) is -0.0461. The van der Waals surface area contributed by atoms with Gasteiger partial charge in [-0.05, 0) is 43.7 Å². The van der Waals surface area contributed by atoms with Crippen LogP contribution in [0.15, 0.2) is 47.6 Å². The molecule has 3 rings (SSSR count). The molecule has 0 radical (unpaired) electrons. The summed E-state index contributed by atoms with van der Waals surface area (Å²) in [4.78, 5) is 11.9. The third-order valence-electron chi connectivity index (χ3n) is 3.45. The SMILES string of the molecule is Cc1ccc(C2=NN(c3ccc(C)c(Cl)c3)CC(=O)O2)cc1. The van der Waals surface area contributed by atoms with Crippen molar-refractivity contribution < 1.29 is 9.53 Å². The highest BCUT2D eigenvalue weighted by Crippen LogP contribution is 2.25. The number of hydrazone groups is 1. The normalized spacial score (nSPS) is 14.6. The first-order valence-corrected chi connectivity index (χ1v) is 7.31. The van der Waals surface area contributed by atoms with E-state index < -0.39 is 0 Å². The van der Waals surface area contributed by atoms with Gasteiger partial charge in [0, 0.05) is 10.6 Å². The van der Waals surface area contributed by atoms with E-state index in [0.717, 1.165) is 22.4 Å². The predicted molar refractivity (Wildman–Crippen MR) is 87.3 cm³/mol. The average molecular weight is 315 g/mol. The number of hydrogen-bond donors (Lipinski definition) is 0. The van der Waals surface area contributed by atoms with E-state index >= 15 is 0 Å². The van der Waals surface area contributed by atoms with E-state index in [1.807, 2.05) is 50.2 Å². The van der Waals surface area contributed by atoms with Gasteiger partial charge in [-0.1, -0.05) is 35.4 Å². The van der Waals surface area contributed by atoms with Crippen molar-refractivity contribution in [1.29, 1.82) is 0 Å². The monoisotopic (exact) mass is 314 g/mol. The fourth-order valence-electron chi connectivity index (χ4n) is 2.13. The number of hydrogen-bond acceptors (Lipinski definition) is 4. The van der Waals surface area contributed by atoms with E-state index in [0.29, 0.717) is 10.9 Å². The fraction of sp³-hybridized carbons (Fsp3) is 0.176. The van der Waals surface area contributed by atoms with Crippen LogP contribution < -0.4 is 5.01 Å². The van der Waals surface area contributed by atoms with Crippen molar-refractivity contribution in [3.8, 4) is 0 Å². The molecule has 0 fully saturated rings. The Morgan fingerprint density at radius 3 is 2.55 bits per heavy atom. The number of benzene rings is 2. The molecule has 1 heterocycles. The summed E-state index contributed by atoms with van der Waals surface area (Å²) in [7, 11) is 0. The molecule has 0 unspecified atom stereocenters. The molecule has 5 heteroatoms. The van der Waals surface area contributed by atoms with Gasteiger partial charge in [0.15, 0.2) is 0 Å². The smallest absolute Gasteiger partial charge is 0.334 e. The number of carbonyl (C=O) groups is 1. The maximum absolute atomic E-state index is 11.9. The molecule has 0 spiro atoms. The summed E-state index contributed by atoms with van der Waals surface area (Å²) in [6.45, 7) is 3.99. The molecule has 0 saturated heterocycles. The van der Waals surface area contributed by atoms with Crippen molar-refractivity contribution >= 4 is 29.2 Å². The zero-order valence-electron chi connectivity index (χ0n) is 12.3. The third kappa shape index (κ3) is 2.97. The molecule has 2 aromatic carbocycles. The van der Waals surface area contributed by atoms with Gasteiger partial charge in [-0.25, -0.2) is 4.79 Å². The van der Waals surface area contributed by atoms with Crippen LogP contribution in [0.5, 0.6) is 0 Å². The van der Waals surface area contributed by atoms with Crippen molar-refractivity contribution in [2.75, 3.05) is 11.6 Å². The highest BCUT2D eigenvalue weighted by Gasteiger charge is 2.23. The molecule has 22 heavy (non-hydrogen) atoms. The largest absolute Gasteiger partial charge is 0.404 e. The van der Waals surface area contributed by atoms with Gasteiger partial charge in [-0.15, -0.1) is 5.10 Å². The molecule has 2 aromatic rings. The molecule has 0 aromatic heterocycles. The maximum atomic E-state index is 11.9. The van der Waals surface area contributed by atoms with Crippen LogP contribution in [0.3, 0.4) is 0 Å². The third-order valence-corrected chi connectivity index (χ3v) is 3.86. The van der Waals surface area contributed by atoms with E-state index in [2.05, 4.69) is 5.10 Å². The summed E-state index contributed by atoms with van der Waals surface area (Å²) in [5, 5.41) is 6.67. The van der Waals surface area contributed by atoms with Gasteiger partial charge >= 0.3 is 5.97 Å². The second kappa shape index (κ2) is 5.81. The van der Waals surface area contributed by atoms with Crippen molar-refractivity contribution in [3.63, 3.8) is 0 Å². The summed E-state index contributed by atoms with van der Waals surface area (Å²) in [5.41, 5.74) is 3.64. The second-order valence-corrected chi connectivity index (χ2v) is 5.64. The van der Waals surface area contributed by atoms with Gasteiger partial charge in [0.2, 0.25) is 5.90 Å². The first kappa shape index (κ1) is 14.6. The van der Waals surface area contributed by atoms with E-state index in [9.17, 15) is 4.79 Å². The number of aryl methyl sites for hydroxylation is 2. The van der Waals surface area contributed by atoms with Gasteiger partial charge in [-0.2, -0.15) is 0 Å². The molecule has 1 aliphatic rings. The quantitative estimate of drug-likeness (QED) is 0.794. The zero-order chi connectivity index (χ0) is 15.7. The van der Waals surface area contributed by atoms with E-state index in [1.54, 1.807) is 11.1 Å². The van der Waals surface area contributed by atoms with Crippen molar-refractivity contribution in [2.45, 2.75) is 13.8 Å². The van der Waals surface area contributed by atoms with E-state index in [-0.39, 0.29) is 12.5 Å². The lowest BCUT2D eigenvalue weighted by molar-refractivity contribution is -0.134. The Kier molecular flexibility index (Phi) is 3.86. The second-order valence-electron chi connectivity index (χ2n) is 5.24. The van der Waals surface area contributed by atoms with Crippen molar-refractivity contribution in [3.05, 3.63) is 64.2 Å². The van der Waals surface area contributed by atoms with Gasteiger partial charge < -0.3 is 4.74 Å². The van der Waals surface area contributed by atoms with Crippen LogP contribution in [0, 0.1) is 13.8 Å². The molecule has 0 atom stereocenters. The highest BCUT2D eigenvalue weighted by molar-refractivity contribution is 6.31. The Morgan fingerprint density at radius 1 is 1.14 bits per heavy atom. The predicted octanol–water partition coefficient (Wildman–Crippen LogP) is 3.68. The van der Waals surface area contributed by atoms with Crippen LogP contribution in [-0.2, 0) is 9.53 Å². The van der Waals surface area contributed by atoms with Crippen molar-refractivity contribution in [1.82, 2.24) is 0 Å². The van der Waals surface area contributed by atoms with Crippen LogP contribution in [0.4, 0.5) is 5.69 Å². The van der Waals surface area contributed by atoms with Crippen LogP contribution in [-0.4, -0.2) is 18.4 Å². The number of carbonyl (C=O) groups excluding carboxylic acids is 1. The maximum Gasteiger partial charge on any atom is 0.334 e. The molecule has 0 saturated carbocycles. The first-order valence-electron chi connectivity index (χ1n) is 6.93. The average Bonchev–Trinajstić information content (AvgIpc) is 2.50. The molecule has 0 amide bonds. The lowest BCUT2D eigenvalue weighted by Gasteiger charge is -2.24. The van der Waals surface area contributed by atoms with Gasteiger partial charge in [-0.3, -0.25) is 5.01 Å². The van der Waals surface area contributed by atoms with Crippen LogP contribution in [0.1, 0.15) is 16.7 Å². The number of nitrogens with zero attached hydrogens (tertiary/aromatic N) is 2. The minimum atomic E-state index is -0.345. The highest BCUT2D eigenvalue weighted by atomic mass is 35.5. The van der Waals surface area contributed by atoms with Crippen LogP contribution in [0.25, 0.3) is 0 Å². The Bertz CT molecular complexity index is 754. The number of ether oxygens (including phenoxy) is 1. The Balaban J connectivity index is 1.97. The lowest BCUT2D eigenvalue weighted by Crippen LogP contribution is -2.35. The molecule has 0 N–H and O–H groups in total. The first-order chi connectivity index (χ1) is 10.5. The molecule has 0 bridgehead atoms. The fourth-order valence-corrected chi connectivity index (χ4v) is 2.31. The van der Waals surface area contributed by atoms with Crippen LogP contribution in [0.2, 0.25) is 5.02 Å². The molecular formula is C17H15ClN2O2. The number of rotatable bonds is 2. The van der Waals surface area contributed by atoms with Crippen molar-refractivity contribution in [2.24, 2.45) is 5.10 Å². The number of anilines is 1. The standard InChI is InChI=1S/C17H15ClN2O2/c1-11-3-6-13(7-4-11)17-19-20(10-16(21)22-17)14-8-5-12(2)15(18)9-14/h3-9H,10H2,1-2H3. The number of esters is 1. The zero-order valence-corrected chi connectivity index (χ0v) is 13.1. The van der Waals surface area contributed by atoms with E-state index in [1.165, 1.54) is 0 Å². The summed E-state index contributed by atoms with van der Waals surface area (Å²) in [6, 6.07) is 13.3. The number of halogens is 1. The van der Waals surface area contributed by atoms with E-state index in [4.69, 9.17) is 16.3 Å². The van der Waals surface area contributed by atoms with Gasteiger partial charge in [0.1, 0.15) is 6.54 Å². The summed E-state index contributed by atoms with van der Waals surface area (Å²) in [6.07, 6.45) is 0. The minimum Gasteiger partial charge on any atom is -0.404 e. The van der Waals surface area contributed by atoms with Gasteiger partial charge in [0.05, 0.1) is 5.69 Å². The van der Waals surface area contributed by atoms with Crippen LogP contribution >= 0.6 is 11.6 Å². The summed E-state index contributed by atoms with van der Waals surface area (Å²) < 4.78 is 5.25. The number of cyclic esters (lactones) is 1. The molecule has 112 valence electrons. The molecule has 1 aliphatic heterocycles. The Hall–Kier alpha value is -2.33. The lowest BCUT2D eigenvalue weighted by atomic mass is 10.1. The minimum absolute atomic E-state index is 0.0642. The summed E-state index contributed by atoms with van der Waals surface area (Å²) >= 11 is 6.15. The molecule has 4 nitrogen and oxygen atoms in total.